The van der Waals surface area contributed by atoms with Crippen molar-refractivity contribution in [2.24, 2.45) is 5.41 Å². The Labute approximate surface area is 141 Å². The largest absolute Gasteiger partial charge is 0.383 e. The number of carbonyl (C=O) groups is 1. The van der Waals surface area contributed by atoms with Gasteiger partial charge in [-0.25, -0.2) is 25.9 Å². The molecular weight excluding hydrogens is 356 g/mol. The summed E-state index contributed by atoms with van der Waals surface area (Å²) < 4.78 is 56.4. The van der Waals surface area contributed by atoms with E-state index in [-0.39, 0.29) is 29.5 Å². The molecule has 1 amide bonds. The van der Waals surface area contributed by atoms with E-state index in [0.29, 0.717) is 0 Å². The number of rotatable bonds is 6. The maximum atomic E-state index is 12.3. The van der Waals surface area contributed by atoms with Crippen molar-refractivity contribution in [2.75, 3.05) is 30.3 Å². The molecule has 10 heteroatoms. The smallest absolute Gasteiger partial charge is 0.247 e. The predicted molar refractivity (Wildman–Crippen MR) is 88.6 cm³/mol. The van der Waals surface area contributed by atoms with Gasteiger partial charge < -0.3 is 4.74 Å². The highest BCUT2D eigenvalue weighted by molar-refractivity contribution is 7.94. The SMILES string of the molecule is COCCNS(=O)(=O)c1ccc(N2C(=O)C(C)(C)CS2(=O)=O)cc1. The van der Waals surface area contributed by atoms with Crippen LogP contribution in [-0.2, 0) is 29.6 Å². The van der Waals surface area contributed by atoms with Crippen molar-refractivity contribution >= 4 is 31.6 Å². The van der Waals surface area contributed by atoms with Crippen molar-refractivity contribution < 1.29 is 26.4 Å². The van der Waals surface area contributed by atoms with Gasteiger partial charge in [-0.05, 0) is 38.1 Å². The summed E-state index contributed by atoms with van der Waals surface area (Å²) in [6.07, 6.45) is 0. The zero-order chi connectivity index (χ0) is 18.2. The van der Waals surface area contributed by atoms with Crippen LogP contribution in [0.3, 0.4) is 0 Å². The highest BCUT2D eigenvalue weighted by Gasteiger charge is 2.49. The van der Waals surface area contributed by atoms with Crippen LogP contribution in [0.25, 0.3) is 0 Å². The van der Waals surface area contributed by atoms with Crippen molar-refractivity contribution in [3.05, 3.63) is 24.3 Å². The number of amides is 1. The predicted octanol–water partition coefficient (Wildman–Crippen LogP) is 0.314. The van der Waals surface area contributed by atoms with Gasteiger partial charge in [0.25, 0.3) is 0 Å². The first-order valence-corrected chi connectivity index (χ1v) is 10.3. The fourth-order valence-corrected chi connectivity index (χ4v) is 5.50. The van der Waals surface area contributed by atoms with Crippen LogP contribution in [-0.4, -0.2) is 48.8 Å². The van der Waals surface area contributed by atoms with Gasteiger partial charge in [-0.1, -0.05) is 0 Å². The van der Waals surface area contributed by atoms with E-state index in [1.165, 1.54) is 31.4 Å². The van der Waals surface area contributed by atoms with Gasteiger partial charge in [0.1, 0.15) is 0 Å². The molecule has 1 fully saturated rings. The average Bonchev–Trinajstić information content (AvgIpc) is 2.63. The molecule has 134 valence electrons. The third-order valence-electron chi connectivity index (χ3n) is 3.56. The minimum atomic E-state index is -3.76. The molecule has 1 aromatic carbocycles. The molecule has 1 saturated heterocycles. The summed E-state index contributed by atoms with van der Waals surface area (Å²) in [5, 5.41) is 0. The topological polar surface area (TPSA) is 110 Å². The first-order valence-electron chi connectivity index (χ1n) is 7.17. The van der Waals surface area contributed by atoms with Crippen molar-refractivity contribution in [1.29, 1.82) is 0 Å². The fourth-order valence-electron chi connectivity index (χ4n) is 2.38. The minimum Gasteiger partial charge on any atom is -0.383 e. The summed E-state index contributed by atoms with van der Waals surface area (Å²) >= 11 is 0. The molecule has 1 aliphatic heterocycles. The van der Waals surface area contributed by atoms with Gasteiger partial charge in [0.05, 0.1) is 28.4 Å². The Hall–Kier alpha value is -1.49. The molecule has 1 N–H and O–H groups in total. The van der Waals surface area contributed by atoms with E-state index < -0.39 is 31.4 Å². The number of nitrogens with zero attached hydrogens (tertiary/aromatic N) is 1. The van der Waals surface area contributed by atoms with Crippen molar-refractivity contribution in [1.82, 2.24) is 4.72 Å². The summed E-state index contributed by atoms with van der Waals surface area (Å²) in [6, 6.07) is 5.14. The lowest BCUT2D eigenvalue weighted by Gasteiger charge is -2.17. The van der Waals surface area contributed by atoms with Crippen molar-refractivity contribution in [3.8, 4) is 0 Å². The molecule has 8 nitrogen and oxygen atoms in total. The normalized spacial score (nSPS) is 19.6. The summed E-state index contributed by atoms with van der Waals surface area (Å²) in [5.74, 6) is -0.811. The zero-order valence-electron chi connectivity index (χ0n) is 13.6. The lowest BCUT2D eigenvalue weighted by Crippen LogP contribution is -2.33. The summed E-state index contributed by atoms with van der Waals surface area (Å²) in [4.78, 5) is 12.3. The highest BCUT2D eigenvalue weighted by atomic mass is 32.2. The molecule has 0 radical (unpaired) electrons. The molecule has 0 bridgehead atoms. The van der Waals surface area contributed by atoms with Crippen LogP contribution < -0.4 is 9.03 Å². The lowest BCUT2D eigenvalue weighted by atomic mass is 9.95. The minimum absolute atomic E-state index is 0.0225. The second-order valence-corrected chi connectivity index (χ2v) is 9.68. The van der Waals surface area contributed by atoms with Crippen molar-refractivity contribution in [2.45, 2.75) is 18.7 Å². The number of hydrogen-bond acceptors (Lipinski definition) is 6. The Balaban J connectivity index is 2.29. The molecular formula is C14H20N2O6S2. The van der Waals surface area contributed by atoms with Crippen LogP contribution >= 0.6 is 0 Å². The summed E-state index contributed by atoms with van der Waals surface area (Å²) in [5.41, 5.74) is -0.882. The Morgan fingerprint density at radius 1 is 1.25 bits per heavy atom. The number of nitrogens with one attached hydrogen (secondary N) is 1. The molecule has 0 spiro atoms. The molecule has 0 unspecified atom stereocenters. The number of sulfonamides is 2. The number of carbonyl (C=O) groups excluding carboxylic acids is 1. The Morgan fingerprint density at radius 3 is 2.29 bits per heavy atom. The second-order valence-electron chi connectivity index (χ2n) is 6.09. The van der Waals surface area contributed by atoms with Gasteiger partial charge in [-0.2, -0.15) is 0 Å². The van der Waals surface area contributed by atoms with Gasteiger partial charge in [0, 0.05) is 13.7 Å². The van der Waals surface area contributed by atoms with Crippen molar-refractivity contribution in [3.63, 3.8) is 0 Å². The molecule has 24 heavy (non-hydrogen) atoms. The lowest BCUT2D eigenvalue weighted by molar-refractivity contribution is -0.123. The highest BCUT2D eigenvalue weighted by Crippen LogP contribution is 2.35. The van der Waals surface area contributed by atoms with Crippen LogP contribution in [0.4, 0.5) is 5.69 Å². The number of hydrogen-bond donors (Lipinski definition) is 1. The maximum absolute atomic E-state index is 12.3. The molecule has 2 rings (SSSR count). The van der Waals surface area contributed by atoms with E-state index in [9.17, 15) is 21.6 Å². The first kappa shape index (κ1) is 18.8. The number of anilines is 1. The standard InChI is InChI=1S/C14H20N2O6S2/c1-14(2)10-23(18,19)16(13(14)17)11-4-6-12(7-5-11)24(20,21)15-8-9-22-3/h4-7,15H,8-10H2,1-3H3. The van der Waals surface area contributed by atoms with Gasteiger partial charge in [-0.15, -0.1) is 0 Å². The molecule has 1 aromatic rings. The van der Waals surface area contributed by atoms with E-state index in [1.807, 2.05) is 0 Å². The van der Waals surface area contributed by atoms with Gasteiger partial charge in [-0.3, -0.25) is 4.79 Å². The van der Waals surface area contributed by atoms with Crippen LogP contribution in [0.5, 0.6) is 0 Å². The third-order valence-corrected chi connectivity index (χ3v) is 7.06. The monoisotopic (exact) mass is 376 g/mol. The number of methoxy groups -OCH3 is 1. The Morgan fingerprint density at radius 2 is 1.83 bits per heavy atom. The van der Waals surface area contributed by atoms with E-state index in [2.05, 4.69) is 4.72 Å². The third kappa shape index (κ3) is 3.61. The second kappa shape index (κ2) is 6.43. The van der Waals surface area contributed by atoms with Crippen LogP contribution in [0.2, 0.25) is 0 Å². The molecule has 1 heterocycles. The Kier molecular flexibility index (Phi) is 5.05. The average molecular weight is 376 g/mol. The summed E-state index contributed by atoms with van der Waals surface area (Å²) in [7, 11) is -6.03. The molecule has 0 aliphatic carbocycles. The van der Waals surface area contributed by atoms with E-state index in [4.69, 9.17) is 4.74 Å². The number of ether oxygens (including phenoxy) is 1. The van der Waals surface area contributed by atoms with E-state index >= 15 is 0 Å². The quantitative estimate of drug-likeness (QED) is 0.716. The van der Waals surface area contributed by atoms with Crippen LogP contribution in [0.1, 0.15) is 13.8 Å². The van der Waals surface area contributed by atoms with Crippen LogP contribution in [0, 0.1) is 5.41 Å². The Bertz CT molecular complexity index is 829. The van der Waals surface area contributed by atoms with Crippen LogP contribution in [0.15, 0.2) is 29.2 Å². The maximum Gasteiger partial charge on any atom is 0.247 e. The molecule has 0 atom stereocenters. The summed E-state index contributed by atoms with van der Waals surface area (Å²) in [6.45, 7) is 3.47. The number of benzene rings is 1. The molecule has 0 saturated carbocycles. The van der Waals surface area contributed by atoms with Gasteiger partial charge in [0.15, 0.2) is 0 Å². The van der Waals surface area contributed by atoms with Gasteiger partial charge >= 0.3 is 0 Å². The molecule has 0 aromatic heterocycles. The molecule has 1 aliphatic rings. The fraction of sp³-hybridized carbons (Fsp3) is 0.500. The zero-order valence-corrected chi connectivity index (χ0v) is 15.3. The first-order chi connectivity index (χ1) is 11.0. The van der Waals surface area contributed by atoms with Gasteiger partial charge in [0.2, 0.25) is 26.0 Å². The van der Waals surface area contributed by atoms with E-state index in [0.717, 1.165) is 4.31 Å². The van der Waals surface area contributed by atoms with E-state index in [1.54, 1.807) is 13.8 Å².